The summed E-state index contributed by atoms with van der Waals surface area (Å²) in [5, 5.41) is 21.3. The third-order valence-electron chi connectivity index (χ3n) is 4.51. The standard InChI is InChI=1S/C17H27N5OS/c1-12(2)16-11-24-17(18-16)10-21-6-4-15(5-7-21)22-9-14(19-20-22)8-13(3)23/h9,11-13,15,23H,4-8,10H2,1-3H3/t13-/m0/s1. The van der Waals surface area contributed by atoms with Crippen molar-refractivity contribution >= 4 is 11.3 Å². The van der Waals surface area contributed by atoms with Crippen LogP contribution in [-0.4, -0.2) is 49.2 Å². The fraction of sp³-hybridized carbons (Fsp3) is 0.706. The summed E-state index contributed by atoms with van der Waals surface area (Å²) in [4.78, 5) is 7.22. The highest BCUT2D eigenvalue weighted by Gasteiger charge is 2.22. The van der Waals surface area contributed by atoms with Crippen LogP contribution in [0.25, 0.3) is 0 Å². The number of aliphatic hydroxyl groups is 1. The zero-order valence-electron chi connectivity index (χ0n) is 14.7. The van der Waals surface area contributed by atoms with Crippen molar-refractivity contribution < 1.29 is 5.11 Å². The van der Waals surface area contributed by atoms with Gasteiger partial charge >= 0.3 is 0 Å². The molecule has 1 aliphatic heterocycles. The van der Waals surface area contributed by atoms with E-state index >= 15 is 0 Å². The van der Waals surface area contributed by atoms with Gasteiger partial charge in [-0.25, -0.2) is 9.67 Å². The summed E-state index contributed by atoms with van der Waals surface area (Å²) in [5.41, 5.74) is 2.08. The number of aliphatic hydroxyl groups excluding tert-OH is 1. The number of piperidine rings is 1. The van der Waals surface area contributed by atoms with Gasteiger partial charge in [0.25, 0.3) is 0 Å². The van der Waals surface area contributed by atoms with E-state index in [-0.39, 0.29) is 6.10 Å². The predicted octanol–water partition coefficient (Wildman–Crippen LogP) is 2.62. The Balaban J connectivity index is 1.50. The minimum atomic E-state index is -0.369. The second kappa shape index (κ2) is 7.72. The van der Waals surface area contributed by atoms with Gasteiger partial charge in [-0.1, -0.05) is 19.1 Å². The zero-order chi connectivity index (χ0) is 17.1. The third kappa shape index (κ3) is 4.40. The van der Waals surface area contributed by atoms with Gasteiger partial charge in [0, 0.05) is 31.1 Å². The van der Waals surface area contributed by atoms with Gasteiger partial charge in [-0.2, -0.15) is 0 Å². The lowest BCUT2D eigenvalue weighted by Gasteiger charge is -2.31. The summed E-state index contributed by atoms with van der Waals surface area (Å²) in [7, 11) is 0. The van der Waals surface area contributed by atoms with E-state index in [0.717, 1.165) is 38.2 Å². The lowest BCUT2D eigenvalue weighted by Crippen LogP contribution is -2.34. The van der Waals surface area contributed by atoms with Gasteiger partial charge in [0.1, 0.15) is 5.01 Å². The molecule has 2 aromatic heterocycles. The van der Waals surface area contributed by atoms with E-state index in [1.807, 2.05) is 10.9 Å². The lowest BCUT2D eigenvalue weighted by atomic mass is 10.1. The zero-order valence-corrected chi connectivity index (χ0v) is 15.5. The van der Waals surface area contributed by atoms with Crippen molar-refractivity contribution in [1.29, 1.82) is 0 Å². The maximum absolute atomic E-state index is 9.45. The van der Waals surface area contributed by atoms with Crippen molar-refractivity contribution in [3.05, 3.63) is 28.0 Å². The van der Waals surface area contributed by atoms with Crippen LogP contribution >= 0.6 is 11.3 Å². The molecule has 2 aromatic rings. The molecule has 0 radical (unpaired) electrons. The third-order valence-corrected chi connectivity index (χ3v) is 5.37. The van der Waals surface area contributed by atoms with E-state index in [2.05, 4.69) is 34.4 Å². The van der Waals surface area contributed by atoms with Crippen LogP contribution in [0.2, 0.25) is 0 Å². The maximum atomic E-state index is 9.45. The Morgan fingerprint density at radius 2 is 2.04 bits per heavy atom. The molecule has 3 heterocycles. The van der Waals surface area contributed by atoms with E-state index in [0.29, 0.717) is 18.4 Å². The highest BCUT2D eigenvalue weighted by Crippen LogP contribution is 2.25. The van der Waals surface area contributed by atoms with Gasteiger partial charge in [-0.05, 0) is 25.7 Å². The second-order valence-corrected chi connectivity index (χ2v) is 8.01. The summed E-state index contributed by atoms with van der Waals surface area (Å²) >= 11 is 1.77. The molecular formula is C17H27N5OS. The molecule has 1 saturated heterocycles. The average molecular weight is 350 g/mol. The van der Waals surface area contributed by atoms with Crippen LogP contribution in [0.1, 0.15) is 62.0 Å². The monoisotopic (exact) mass is 349 g/mol. The molecule has 0 spiro atoms. The van der Waals surface area contributed by atoms with Crippen LogP contribution in [0.15, 0.2) is 11.6 Å². The van der Waals surface area contributed by atoms with Crippen molar-refractivity contribution in [2.24, 2.45) is 0 Å². The van der Waals surface area contributed by atoms with E-state index in [9.17, 15) is 5.11 Å². The molecule has 7 heteroatoms. The molecule has 1 atom stereocenters. The summed E-state index contributed by atoms with van der Waals surface area (Å²) in [5.74, 6) is 0.504. The molecule has 24 heavy (non-hydrogen) atoms. The Hall–Kier alpha value is -1.31. The molecule has 0 unspecified atom stereocenters. The number of aromatic nitrogens is 4. The van der Waals surface area contributed by atoms with Crippen molar-refractivity contribution in [2.75, 3.05) is 13.1 Å². The molecule has 132 valence electrons. The Bertz CT molecular complexity index is 643. The first kappa shape index (κ1) is 17.5. The number of hydrogen-bond donors (Lipinski definition) is 1. The number of rotatable bonds is 6. The van der Waals surface area contributed by atoms with Crippen molar-refractivity contribution in [3.63, 3.8) is 0 Å². The van der Waals surface area contributed by atoms with Gasteiger partial charge < -0.3 is 5.11 Å². The fourth-order valence-electron chi connectivity index (χ4n) is 3.08. The molecule has 0 aromatic carbocycles. The Kier molecular flexibility index (Phi) is 5.63. The van der Waals surface area contributed by atoms with Gasteiger partial charge in [-0.3, -0.25) is 4.90 Å². The van der Waals surface area contributed by atoms with Gasteiger partial charge in [-0.15, -0.1) is 16.4 Å². The number of hydrogen-bond acceptors (Lipinski definition) is 6. The SMILES string of the molecule is CC(C)c1csc(CN2CCC(n3cc(C[C@H](C)O)nn3)CC2)n1. The molecule has 6 nitrogen and oxygen atoms in total. The molecule has 1 N–H and O–H groups in total. The van der Waals surface area contributed by atoms with Crippen LogP contribution < -0.4 is 0 Å². The molecule has 1 aliphatic rings. The molecule has 0 saturated carbocycles. The van der Waals surface area contributed by atoms with Crippen LogP contribution in [0, 0.1) is 0 Å². The van der Waals surface area contributed by atoms with E-state index in [1.165, 1.54) is 10.7 Å². The summed E-state index contributed by atoms with van der Waals surface area (Å²) in [6.07, 6.45) is 4.36. The first-order valence-corrected chi connectivity index (χ1v) is 9.64. The first-order valence-electron chi connectivity index (χ1n) is 8.76. The number of thiazole rings is 1. The van der Waals surface area contributed by atoms with E-state index in [4.69, 9.17) is 4.98 Å². The van der Waals surface area contributed by atoms with Crippen LogP contribution in [0.4, 0.5) is 0 Å². The second-order valence-electron chi connectivity index (χ2n) is 7.07. The van der Waals surface area contributed by atoms with E-state index in [1.54, 1.807) is 18.3 Å². The largest absolute Gasteiger partial charge is 0.393 e. The Labute approximate surface area is 147 Å². The lowest BCUT2D eigenvalue weighted by molar-refractivity contribution is 0.172. The fourth-order valence-corrected chi connectivity index (χ4v) is 4.08. The molecular weight excluding hydrogens is 322 g/mol. The topological polar surface area (TPSA) is 67.1 Å². The van der Waals surface area contributed by atoms with Crippen LogP contribution in [-0.2, 0) is 13.0 Å². The van der Waals surface area contributed by atoms with Crippen molar-refractivity contribution in [3.8, 4) is 0 Å². The smallest absolute Gasteiger partial charge is 0.107 e. The normalized spacial score (nSPS) is 18.4. The molecule has 1 fully saturated rings. The van der Waals surface area contributed by atoms with Crippen LogP contribution in [0.3, 0.4) is 0 Å². The van der Waals surface area contributed by atoms with E-state index < -0.39 is 0 Å². The highest BCUT2D eigenvalue weighted by atomic mass is 32.1. The van der Waals surface area contributed by atoms with Gasteiger partial charge in [0.05, 0.1) is 30.1 Å². The predicted molar refractivity (Wildman–Crippen MR) is 95.2 cm³/mol. The summed E-state index contributed by atoms with van der Waals surface area (Å²) in [6, 6.07) is 0.416. The molecule has 0 bridgehead atoms. The molecule has 0 aliphatic carbocycles. The minimum Gasteiger partial charge on any atom is -0.393 e. The average Bonchev–Trinajstić information content (AvgIpc) is 3.17. The minimum absolute atomic E-state index is 0.369. The van der Waals surface area contributed by atoms with Crippen molar-refractivity contribution in [2.45, 2.75) is 64.6 Å². The summed E-state index contributed by atoms with van der Waals surface area (Å²) < 4.78 is 1.98. The van der Waals surface area contributed by atoms with Crippen LogP contribution in [0.5, 0.6) is 0 Å². The highest BCUT2D eigenvalue weighted by molar-refractivity contribution is 7.09. The maximum Gasteiger partial charge on any atom is 0.107 e. The molecule has 3 rings (SSSR count). The first-order chi connectivity index (χ1) is 11.5. The number of likely N-dealkylation sites (tertiary alicyclic amines) is 1. The van der Waals surface area contributed by atoms with Gasteiger partial charge in [0.15, 0.2) is 0 Å². The van der Waals surface area contributed by atoms with Gasteiger partial charge in [0.2, 0.25) is 0 Å². The summed E-state index contributed by atoms with van der Waals surface area (Å²) in [6.45, 7) is 9.23. The van der Waals surface area contributed by atoms with Crippen molar-refractivity contribution in [1.82, 2.24) is 24.9 Å². The quantitative estimate of drug-likeness (QED) is 0.868. The Morgan fingerprint density at radius 3 is 2.67 bits per heavy atom. The Morgan fingerprint density at radius 1 is 1.29 bits per heavy atom. The molecule has 0 amide bonds. The number of nitrogens with zero attached hydrogens (tertiary/aromatic N) is 5.